The molecule has 0 spiro atoms. The fourth-order valence-corrected chi connectivity index (χ4v) is 9.22. The fraction of sp³-hybridized carbons (Fsp3) is 0.432. The lowest BCUT2D eigenvalue weighted by atomic mass is 9.80. The van der Waals surface area contributed by atoms with E-state index in [1.165, 1.54) is 6.33 Å². The number of methoxy groups -OCH3 is 3. The number of fused-ring (bicyclic) bond motifs is 1. The molecule has 324 valence electrons. The molecule has 6 rings (SSSR count). The first-order valence-electron chi connectivity index (χ1n) is 20.0. The third kappa shape index (κ3) is 9.95. The summed E-state index contributed by atoms with van der Waals surface area (Å²) < 4.78 is 49.1. The van der Waals surface area contributed by atoms with E-state index in [9.17, 15) is 10.1 Å². The van der Waals surface area contributed by atoms with Gasteiger partial charge in [-0.2, -0.15) is 10.2 Å². The maximum atomic E-state index is 13.3. The van der Waals surface area contributed by atoms with Crippen LogP contribution < -0.4 is 15.0 Å². The minimum atomic E-state index is -1.78. The van der Waals surface area contributed by atoms with Crippen molar-refractivity contribution in [3.8, 4) is 17.6 Å². The number of aromatic amines is 1. The minimum absolute atomic E-state index is 0.0161. The Labute approximate surface area is 358 Å². The molecule has 0 bridgehead atoms. The van der Waals surface area contributed by atoms with Crippen LogP contribution in [0.2, 0.25) is 0 Å². The lowest BCUT2D eigenvalue weighted by molar-refractivity contribution is -0.0938. The molecule has 17 heteroatoms. The normalized spacial score (nSPS) is 18.7. The van der Waals surface area contributed by atoms with Gasteiger partial charge in [0.05, 0.1) is 52.6 Å². The molecule has 1 fully saturated rings. The van der Waals surface area contributed by atoms with Crippen LogP contribution in [-0.2, 0) is 28.9 Å². The molecule has 3 heterocycles. The molecule has 2 unspecified atom stereocenters. The maximum absolute atomic E-state index is 13.3. The number of aromatic nitrogens is 4. The van der Waals surface area contributed by atoms with Gasteiger partial charge in [-0.15, -0.1) is 0 Å². The van der Waals surface area contributed by atoms with Crippen LogP contribution in [-0.4, -0.2) is 114 Å². The van der Waals surface area contributed by atoms with Crippen LogP contribution in [0.15, 0.2) is 95.0 Å². The maximum Gasteiger partial charge on any atom is 0.280 e. The molecular weight excluding hydrogens is 800 g/mol. The van der Waals surface area contributed by atoms with Gasteiger partial charge in [0.1, 0.15) is 35.4 Å². The number of aliphatic imine (C=N–C) groups is 1. The van der Waals surface area contributed by atoms with Gasteiger partial charge >= 0.3 is 0 Å². The molecule has 0 radical (unpaired) electrons. The highest BCUT2D eigenvalue weighted by atomic mass is 31.2. The van der Waals surface area contributed by atoms with Gasteiger partial charge < -0.3 is 37.6 Å². The summed E-state index contributed by atoms with van der Waals surface area (Å²) in [4.78, 5) is 31.2. The third-order valence-electron chi connectivity index (χ3n) is 10.2. The number of H-pyrrole nitrogens is 1. The van der Waals surface area contributed by atoms with Crippen LogP contribution >= 0.6 is 8.53 Å². The Morgan fingerprint density at radius 2 is 1.54 bits per heavy atom. The second kappa shape index (κ2) is 20.5. The molecule has 61 heavy (non-hydrogen) atoms. The van der Waals surface area contributed by atoms with Crippen LogP contribution in [0.1, 0.15) is 57.0 Å². The van der Waals surface area contributed by atoms with Crippen molar-refractivity contribution < 1.29 is 32.7 Å². The van der Waals surface area contributed by atoms with E-state index in [0.717, 1.165) is 16.7 Å². The smallest absolute Gasteiger partial charge is 0.280 e. The Morgan fingerprint density at radius 3 is 2.08 bits per heavy atom. The zero-order valence-electron chi connectivity index (χ0n) is 36.1. The molecule has 3 aromatic carbocycles. The fourth-order valence-electron chi connectivity index (χ4n) is 7.46. The number of hydrogen-bond acceptors (Lipinski definition) is 13. The van der Waals surface area contributed by atoms with Gasteiger partial charge in [0, 0.05) is 33.3 Å². The van der Waals surface area contributed by atoms with Gasteiger partial charge in [-0.3, -0.25) is 14.3 Å². The molecule has 0 amide bonds. The van der Waals surface area contributed by atoms with Gasteiger partial charge in [0.15, 0.2) is 17.4 Å². The van der Waals surface area contributed by atoms with Crippen molar-refractivity contribution in [2.75, 3.05) is 48.6 Å². The Bertz CT molecular complexity index is 2240. The summed E-state index contributed by atoms with van der Waals surface area (Å²) in [5.74, 6) is 1.48. The summed E-state index contributed by atoms with van der Waals surface area (Å²) in [7, 11) is 6.69. The Morgan fingerprint density at radius 1 is 0.934 bits per heavy atom. The van der Waals surface area contributed by atoms with Crippen molar-refractivity contribution in [1.82, 2.24) is 29.1 Å². The number of nitrogens with zero attached hydrogens (tertiary/aromatic N) is 7. The molecular formula is C44H55N8O8P. The summed E-state index contributed by atoms with van der Waals surface area (Å²) >= 11 is 0. The number of ether oxygens (including phenoxy) is 5. The lowest BCUT2D eigenvalue weighted by Gasteiger charge is -2.39. The Kier molecular flexibility index (Phi) is 15.3. The second-order valence-corrected chi connectivity index (χ2v) is 16.5. The minimum Gasteiger partial charge on any atom is -0.497 e. The van der Waals surface area contributed by atoms with E-state index in [-0.39, 0.29) is 48.8 Å². The van der Waals surface area contributed by atoms with Crippen molar-refractivity contribution >= 4 is 32.0 Å². The molecule has 16 nitrogen and oxygen atoms in total. The number of rotatable bonds is 20. The number of hydrogen-bond donors (Lipinski definition) is 1. The zero-order chi connectivity index (χ0) is 43.7. The predicted octanol–water partition coefficient (Wildman–Crippen LogP) is 6.94. The SMILES string of the molecule is COc1ccc(C(OC[C@H]2O[C@@H](n3cnc4c(=O)[nH]c(/N=C/N(C)C)nc43)[C@@H](OC)C2OP(OCCC#N)N(C(C)C)C(C)C)(c2ccccc2)c2ccc(OC)cc2)cc1. The van der Waals surface area contributed by atoms with Gasteiger partial charge in [-0.1, -0.05) is 54.6 Å². The first-order chi connectivity index (χ1) is 29.4. The van der Waals surface area contributed by atoms with Crippen LogP contribution in [0, 0.1) is 11.3 Å². The van der Waals surface area contributed by atoms with E-state index < -0.39 is 44.2 Å². The number of nitrogens with one attached hydrogen (secondary N) is 1. The van der Waals surface area contributed by atoms with E-state index in [2.05, 4.69) is 58.4 Å². The number of imidazole rings is 1. The third-order valence-corrected chi connectivity index (χ3v) is 12.3. The van der Waals surface area contributed by atoms with Gasteiger partial charge in [-0.05, 0) is 68.7 Å². The highest BCUT2D eigenvalue weighted by molar-refractivity contribution is 7.44. The van der Waals surface area contributed by atoms with Crippen molar-refractivity contribution in [2.45, 2.75) is 76.3 Å². The standard InChI is InChI=1S/C44H55N8O8P/c1-29(2)52(30(3)4)61(58-25-13-24-45)60-38-36(59-42(39(38)56-9)51-28-46-37-40(51)48-43(49-41(37)53)47-27-50(5)6)26-57-44(31-14-11-10-12-15-31,32-16-20-34(54-7)21-17-32)33-18-22-35(55-8)23-19-33/h10-12,14-23,27-30,36,38-39,42H,13,25-26H2,1-9H3,(H,48,49,53)/b47-27+/t36-,38?,39+,42-,61?/m1/s1. The first kappa shape index (κ1) is 45.3. The average Bonchev–Trinajstić information content (AvgIpc) is 3.84. The van der Waals surface area contributed by atoms with Crippen LogP contribution in [0.3, 0.4) is 0 Å². The van der Waals surface area contributed by atoms with Gasteiger partial charge in [-0.25, -0.2) is 14.6 Å². The van der Waals surface area contributed by atoms with E-state index in [1.807, 2.05) is 93.0 Å². The van der Waals surface area contributed by atoms with Crippen molar-refractivity contribution in [3.05, 3.63) is 112 Å². The summed E-state index contributed by atoms with van der Waals surface area (Å²) in [6.07, 6.45) is -0.0727. The Hall–Kier alpha value is -5.24. The molecule has 1 aliphatic heterocycles. The summed E-state index contributed by atoms with van der Waals surface area (Å²) in [5.41, 5.74) is 1.25. The largest absolute Gasteiger partial charge is 0.497 e. The monoisotopic (exact) mass is 854 g/mol. The molecule has 0 saturated carbocycles. The molecule has 0 aliphatic carbocycles. The van der Waals surface area contributed by atoms with Crippen LogP contribution in [0.5, 0.6) is 11.5 Å². The topological polar surface area (TPSA) is 171 Å². The summed E-state index contributed by atoms with van der Waals surface area (Å²) in [5, 5.41) is 9.46. The zero-order valence-corrected chi connectivity index (χ0v) is 37.0. The first-order valence-corrected chi connectivity index (χ1v) is 21.2. The number of benzene rings is 3. The average molecular weight is 855 g/mol. The molecule has 2 aromatic heterocycles. The lowest BCUT2D eigenvalue weighted by Crippen LogP contribution is -2.42. The van der Waals surface area contributed by atoms with E-state index in [1.54, 1.807) is 37.1 Å². The van der Waals surface area contributed by atoms with Crippen LogP contribution in [0.4, 0.5) is 5.95 Å². The molecule has 5 atom stereocenters. The van der Waals surface area contributed by atoms with Crippen molar-refractivity contribution in [1.29, 1.82) is 5.26 Å². The van der Waals surface area contributed by atoms with E-state index in [4.69, 9.17) is 32.7 Å². The highest BCUT2D eigenvalue weighted by Crippen LogP contribution is 2.51. The van der Waals surface area contributed by atoms with Gasteiger partial charge in [0.2, 0.25) is 5.95 Å². The Balaban J connectivity index is 1.50. The highest BCUT2D eigenvalue weighted by Gasteiger charge is 2.51. The molecule has 1 N–H and O–H groups in total. The van der Waals surface area contributed by atoms with Gasteiger partial charge in [0.25, 0.3) is 14.1 Å². The molecule has 5 aromatic rings. The predicted molar refractivity (Wildman–Crippen MR) is 233 cm³/mol. The molecule has 1 saturated heterocycles. The summed E-state index contributed by atoms with van der Waals surface area (Å²) in [6.45, 7) is 8.44. The van der Waals surface area contributed by atoms with Crippen LogP contribution in [0.25, 0.3) is 11.2 Å². The molecule has 1 aliphatic rings. The quantitative estimate of drug-likeness (QED) is 0.0281. The number of nitriles is 1. The van der Waals surface area contributed by atoms with E-state index in [0.29, 0.717) is 11.5 Å². The van der Waals surface area contributed by atoms with Crippen molar-refractivity contribution in [3.63, 3.8) is 0 Å². The second-order valence-electron chi connectivity index (χ2n) is 15.1. The van der Waals surface area contributed by atoms with Crippen molar-refractivity contribution in [2.24, 2.45) is 4.99 Å². The summed E-state index contributed by atoms with van der Waals surface area (Å²) in [6, 6.07) is 27.8. The van der Waals surface area contributed by atoms with E-state index >= 15 is 0 Å².